The van der Waals surface area contributed by atoms with Crippen molar-refractivity contribution in [2.24, 2.45) is 0 Å². The molecule has 0 radical (unpaired) electrons. The topological polar surface area (TPSA) is 43.2 Å². The van der Waals surface area contributed by atoms with Crippen molar-refractivity contribution >= 4 is 17.7 Å². The highest BCUT2D eigenvalue weighted by molar-refractivity contribution is 8.00. The van der Waals surface area contributed by atoms with Gasteiger partial charge >= 0.3 is 0 Å². The fourth-order valence-corrected chi connectivity index (χ4v) is 4.69. The number of carbonyl (C=O) groups excluding carboxylic acids is 1. The maximum atomic E-state index is 12.9. The predicted octanol–water partition coefficient (Wildman–Crippen LogP) is 1.87. The zero-order chi connectivity index (χ0) is 19.3. The largest absolute Gasteiger partial charge is 0.486 e. The molecule has 1 saturated heterocycles. The summed E-state index contributed by atoms with van der Waals surface area (Å²) in [6, 6.07) is 16.5. The number of quaternary nitrogens is 1. The van der Waals surface area contributed by atoms with Gasteiger partial charge in [0.2, 0.25) is 5.91 Å². The molecule has 28 heavy (non-hydrogen) atoms. The summed E-state index contributed by atoms with van der Waals surface area (Å²) in [5.41, 5.74) is 1.36. The van der Waals surface area contributed by atoms with Crippen molar-refractivity contribution in [1.29, 1.82) is 0 Å². The lowest BCUT2D eigenvalue weighted by Gasteiger charge is -2.33. The lowest BCUT2D eigenvalue weighted by molar-refractivity contribution is -0.917. The second-order valence-electron chi connectivity index (χ2n) is 7.30. The molecule has 1 amide bonds. The summed E-state index contributed by atoms with van der Waals surface area (Å²) >= 11 is 1.59. The van der Waals surface area contributed by atoms with Crippen LogP contribution in [-0.4, -0.2) is 55.4 Å². The van der Waals surface area contributed by atoms with E-state index in [1.54, 1.807) is 16.7 Å². The molecule has 1 atom stereocenters. The van der Waals surface area contributed by atoms with Crippen LogP contribution in [0.1, 0.15) is 12.5 Å². The molecule has 1 fully saturated rings. The van der Waals surface area contributed by atoms with Crippen molar-refractivity contribution in [2.45, 2.75) is 23.6 Å². The quantitative estimate of drug-likeness (QED) is 0.780. The minimum absolute atomic E-state index is 0.113. The Kier molecular flexibility index (Phi) is 6.07. The highest BCUT2D eigenvalue weighted by atomic mass is 32.2. The van der Waals surface area contributed by atoms with E-state index in [2.05, 4.69) is 30.3 Å². The molecule has 0 unspecified atom stereocenters. The van der Waals surface area contributed by atoms with Gasteiger partial charge in [0.15, 0.2) is 11.5 Å². The summed E-state index contributed by atoms with van der Waals surface area (Å²) in [6.45, 7) is 7.85. The summed E-state index contributed by atoms with van der Waals surface area (Å²) in [4.78, 5) is 17.5. The highest BCUT2D eigenvalue weighted by Gasteiger charge is 2.27. The Balaban J connectivity index is 1.29. The zero-order valence-electron chi connectivity index (χ0n) is 16.2. The van der Waals surface area contributed by atoms with E-state index >= 15 is 0 Å². The molecule has 0 saturated carbocycles. The maximum Gasteiger partial charge on any atom is 0.236 e. The van der Waals surface area contributed by atoms with Gasteiger partial charge in [0, 0.05) is 10.5 Å². The number of thioether (sulfide) groups is 1. The Labute approximate surface area is 170 Å². The molecule has 2 aliphatic heterocycles. The summed E-state index contributed by atoms with van der Waals surface area (Å²) in [5.74, 6) is 1.78. The van der Waals surface area contributed by atoms with Crippen molar-refractivity contribution in [1.82, 2.24) is 4.90 Å². The molecular formula is C22H27N2O3S+. The number of amides is 1. The van der Waals surface area contributed by atoms with E-state index in [1.807, 2.05) is 30.0 Å². The molecule has 6 heteroatoms. The van der Waals surface area contributed by atoms with Crippen LogP contribution in [0.2, 0.25) is 0 Å². The molecule has 1 N–H and O–H groups in total. The lowest BCUT2D eigenvalue weighted by Crippen LogP contribution is -3.13. The molecular weight excluding hydrogens is 372 g/mol. The summed E-state index contributed by atoms with van der Waals surface area (Å²) in [6.07, 6.45) is 0. The molecule has 2 heterocycles. The Hall–Kier alpha value is -2.18. The fourth-order valence-electron chi connectivity index (χ4n) is 3.71. The molecule has 2 aromatic carbocycles. The summed E-state index contributed by atoms with van der Waals surface area (Å²) < 4.78 is 11.2. The van der Waals surface area contributed by atoms with E-state index in [-0.39, 0.29) is 11.2 Å². The van der Waals surface area contributed by atoms with E-state index in [9.17, 15) is 4.79 Å². The van der Waals surface area contributed by atoms with Gasteiger partial charge in [-0.3, -0.25) is 4.79 Å². The number of hydrogen-bond donors (Lipinski definition) is 1. The Bertz CT molecular complexity index is 807. The molecule has 148 valence electrons. The van der Waals surface area contributed by atoms with Crippen LogP contribution in [0.25, 0.3) is 0 Å². The van der Waals surface area contributed by atoms with Crippen molar-refractivity contribution in [3.05, 3.63) is 54.1 Å². The monoisotopic (exact) mass is 399 g/mol. The van der Waals surface area contributed by atoms with Crippen molar-refractivity contribution in [2.75, 3.05) is 39.4 Å². The van der Waals surface area contributed by atoms with Crippen LogP contribution in [0.5, 0.6) is 11.5 Å². The third-order valence-electron chi connectivity index (χ3n) is 5.25. The second kappa shape index (κ2) is 8.88. The first kappa shape index (κ1) is 19.2. The first-order chi connectivity index (χ1) is 13.7. The van der Waals surface area contributed by atoms with Crippen LogP contribution in [0, 0.1) is 0 Å². The standard InChI is InChI=1S/C22H26N2O3S/c1-17(28-19-7-8-20-21(15-19)27-14-13-26-20)22(25)24-11-9-23(10-12-24)16-18-5-3-2-4-6-18/h2-8,15,17H,9-14,16H2,1H3/p+1/t17-/m1/s1. The Morgan fingerprint density at radius 2 is 1.79 bits per heavy atom. The number of piperazine rings is 1. The number of rotatable bonds is 5. The van der Waals surface area contributed by atoms with Gasteiger partial charge in [-0.2, -0.15) is 0 Å². The normalized spacial score (nSPS) is 18.0. The predicted molar refractivity (Wildman–Crippen MR) is 110 cm³/mol. The number of carbonyl (C=O) groups is 1. The number of nitrogens with zero attached hydrogens (tertiary/aromatic N) is 1. The highest BCUT2D eigenvalue weighted by Crippen LogP contribution is 2.35. The molecule has 2 aliphatic rings. The molecule has 0 aliphatic carbocycles. The lowest BCUT2D eigenvalue weighted by atomic mass is 10.2. The van der Waals surface area contributed by atoms with Crippen LogP contribution in [0.15, 0.2) is 53.4 Å². The first-order valence-corrected chi connectivity index (χ1v) is 10.8. The van der Waals surface area contributed by atoms with E-state index in [0.717, 1.165) is 49.1 Å². The molecule has 0 aromatic heterocycles. The third kappa shape index (κ3) is 4.62. The Morgan fingerprint density at radius 3 is 2.54 bits per heavy atom. The SMILES string of the molecule is C[C@@H](Sc1ccc2c(c1)OCCO2)C(=O)N1CC[NH+](Cc2ccccc2)CC1. The van der Waals surface area contributed by atoms with Gasteiger partial charge in [-0.25, -0.2) is 0 Å². The van der Waals surface area contributed by atoms with E-state index in [4.69, 9.17) is 9.47 Å². The summed E-state index contributed by atoms with van der Waals surface area (Å²) in [7, 11) is 0. The molecule has 0 spiro atoms. The van der Waals surface area contributed by atoms with Crippen molar-refractivity contribution in [3.63, 3.8) is 0 Å². The van der Waals surface area contributed by atoms with E-state index in [0.29, 0.717) is 13.2 Å². The number of fused-ring (bicyclic) bond motifs is 1. The van der Waals surface area contributed by atoms with E-state index < -0.39 is 0 Å². The van der Waals surface area contributed by atoms with Crippen LogP contribution in [0.4, 0.5) is 0 Å². The van der Waals surface area contributed by atoms with Crippen molar-refractivity contribution < 1.29 is 19.2 Å². The van der Waals surface area contributed by atoms with Gasteiger partial charge in [0.1, 0.15) is 19.8 Å². The van der Waals surface area contributed by atoms with Crippen molar-refractivity contribution in [3.8, 4) is 11.5 Å². The van der Waals surface area contributed by atoms with Gasteiger partial charge in [-0.05, 0) is 25.1 Å². The minimum Gasteiger partial charge on any atom is -0.486 e. The van der Waals surface area contributed by atoms with Gasteiger partial charge in [0.25, 0.3) is 0 Å². The average molecular weight is 400 g/mol. The Morgan fingerprint density at radius 1 is 1.07 bits per heavy atom. The second-order valence-corrected chi connectivity index (χ2v) is 8.72. The van der Waals surface area contributed by atoms with Crippen LogP contribution < -0.4 is 14.4 Å². The number of benzene rings is 2. The van der Waals surface area contributed by atoms with Gasteiger partial charge in [-0.1, -0.05) is 30.3 Å². The smallest absolute Gasteiger partial charge is 0.236 e. The average Bonchev–Trinajstić information content (AvgIpc) is 2.74. The third-order valence-corrected chi connectivity index (χ3v) is 6.33. The zero-order valence-corrected chi connectivity index (χ0v) is 17.0. The fraction of sp³-hybridized carbons (Fsp3) is 0.409. The molecule has 2 aromatic rings. The number of nitrogens with one attached hydrogen (secondary N) is 1. The number of hydrogen-bond acceptors (Lipinski definition) is 4. The minimum atomic E-state index is -0.113. The molecule has 4 rings (SSSR count). The van der Waals surface area contributed by atoms with Gasteiger partial charge in [-0.15, -0.1) is 11.8 Å². The van der Waals surface area contributed by atoms with Crippen LogP contribution in [-0.2, 0) is 11.3 Å². The van der Waals surface area contributed by atoms with Gasteiger partial charge in [0.05, 0.1) is 31.4 Å². The maximum absolute atomic E-state index is 12.9. The van der Waals surface area contributed by atoms with Crippen LogP contribution in [0.3, 0.4) is 0 Å². The first-order valence-electron chi connectivity index (χ1n) is 9.91. The molecule has 5 nitrogen and oxygen atoms in total. The van der Waals surface area contributed by atoms with Gasteiger partial charge < -0.3 is 19.3 Å². The number of ether oxygens (including phenoxy) is 2. The van der Waals surface area contributed by atoms with E-state index in [1.165, 1.54) is 5.56 Å². The van der Waals surface area contributed by atoms with Crippen LogP contribution >= 0.6 is 11.8 Å². The summed E-state index contributed by atoms with van der Waals surface area (Å²) in [5, 5.41) is -0.113. The molecule has 0 bridgehead atoms.